The van der Waals surface area contributed by atoms with Crippen molar-refractivity contribution < 1.29 is 28.6 Å². The van der Waals surface area contributed by atoms with Gasteiger partial charge in [0.2, 0.25) is 0 Å². The lowest BCUT2D eigenvalue weighted by molar-refractivity contribution is -0.141. The van der Waals surface area contributed by atoms with Crippen LogP contribution in [-0.2, 0) is 9.59 Å². The SMILES string of the molecule is CC.Cc1cc(F)c(F)cc1C(CC(N)C(=O)O)C(=O)O. The van der Waals surface area contributed by atoms with Crippen LogP contribution in [0.25, 0.3) is 0 Å². The molecule has 0 aliphatic rings. The van der Waals surface area contributed by atoms with Crippen LogP contribution in [0.5, 0.6) is 0 Å². The largest absolute Gasteiger partial charge is 0.481 e. The van der Waals surface area contributed by atoms with E-state index >= 15 is 0 Å². The molecule has 0 aliphatic carbocycles. The molecule has 4 N–H and O–H groups in total. The molecule has 0 radical (unpaired) electrons. The van der Waals surface area contributed by atoms with E-state index in [1.54, 1.807) is 0 Å². The number of aryl methyl sites for hydroxylation is 1. The molecule has 0 aromatic heterocycles. The predicted molar refractivity (Wildman–Crippen MR) is 73.0 cm³/mol. The Kier molecular flexibility index (Phi) is 7.51. The smallest absolute Gasteiger partial charge is 0.320 e. The number of carboxylic acids is 2. The molecule has 0 amide bonds. The lowest BCUT2D eigenvalue weighted by atomic mass is 9.89. The Morgan fingerprint density at radius 2 is 1.62 bits per heavy atom. The molecule has 2 atom stereocenters. The third kappa shape index (κ3) is 5.11. The fraction of sp³-hybridized carbons (Fsp3) is 0.429. The highest BCUT2D eigenvalue weighted by Gasteiger charge is 2.28. The maximum Gasteiger partial charge on any atom is 0.320 e. The first-order chi connectivity index (χ1) is 9.73. The number of aliphatic carboxylic acids is 2. The standard InChI is InChI=1S/C12H13F2NO4.C2H6/c1-5-2-8(13)9(14)3-6(5)7(11(16)17)4-10(15)12(18)19;1-2/h2-3,7,10H,4,15H2,1H3,(H,16,17)(H,18,19);1-2H3. The molecule has 1 aromatic rings. The second-order valence-electron chi connectivity index (χ2n) is 4.19. The summed E-state index contributed by atoms with van der Waals surface area (Å²) in [5, 5.41) is 17.8. The molecule has 118 valence electrons. The Hall–Kier alpha value is -2.02. The molecule has 21 heavy (non-hydrogen) atoms. The summed E-state index contributed by atoms with van der Waals surface area (Å²) in [7, 11) is 0. The Labute approximate surface area is 121 Å². The number of hydrogen-bond donors (Lipinski definition) is 3. The first-order valence-electron chi connectivity index (χ1n) is 6.40. The van der Waals surface area contributed by atoms with Crippen LogP contribution < -0.4 is 5.73 Å². The summed E-state index contributed by atoms with van der Waals surface area (Å²) < 4.78 is 26.1. The molecular weight excluding hydrogens is 284 g/mol. The summed E-state index contributed by atoms with van der Waals surface area (Å²) in [6, 6.07) is 0.235. The molecule has 1 aromatic carbocycles. The number of benzene rings is 1. The summed E-state index contributed by atoms with van der Waals surface area (Å²) in [5.74, 6) is -6.28. The number of hydrogen-bond acceptors (Lipinski definition) is 3. The van der Waals surface area contributed by atoms with E-state index in [9.17, 15) is 18.4 Å². The minimum atomic E-state index is -1.39. The van der Waals surface area contributed by atoms with Crippen molar-refractivity contribution in [2.45, 2.75) is 39.2 Å². The Balaban J connectivity index is 0.00000191. The molecule has 1 rings (SSSR count). The number of halogens is 2. The summed E-state index contributed by atoms with van der Waals surface area (Å²) in [6.07, 6.45) is -0.406. The van der Waals surface area contributed by atoms with Gasteiger partial charge in [-0.15, -0.1) is 0 Å². The third-order valence-corrected chi connectivity index (χ3v) is 2.79. The monoisotopic (exact) mass is 303 g/mol. The van der Waals surface area contributed by atoms with Crippen LogP contribution in [-0.4, -0.2) is 28.2 Å². The van der Waals surface area contributed by atoms with Gasteiger partial charge in [0.05, 0.1) is 5.92 Å². The van der Waals surface area contributed by atoms with Gasteiger partial charge >= 0.3 is 11.9 Å². The Morgan fingerprint density at radius 1 is 1.14 bits per heavy atom. The van der Waals surface area contributed by atoms with Crippen LogP contribution in [0, 0.1) is 18.6 Å². The lowest BCUT2D eigenvalue weighted by Gasteiger charge is -2.17. The van der Waals surface area contributed by atoms with Gasteiger partial charge in [-0.05, 0) is 36.6 Å². The van der Waals surface area contributed by atoms with Gasteiger partial charge in [0.1, 0.15) is 6.04 Å². The van der Waals surface area contributed by atoms with Crippen molar-refractivity contribution >= 4 is 11.9 Å². The lowest BCUT2D eigenvalue weighted by Crippen LogP contribution is -2.33. The van der Waals surface area contributed by atoms with E-state index in [4.69, 9.17) is 15.9 Å². The van der Waals surface area contributed by atoms with Gasteiger partial charge in [0, 0.05) is 0 Å². The predicted octanol–water partition coefficient (Wildman–Crippen LogP) is 2.27. The maximum atomic E-state index is 13.2. The normalized spacial score (nSPS) is 12.9. The average Bonchev–Trinajstić information content (AvgIpc) is 2.42. The zero-order valence-corrected chi connectivity index (χ0v) is 12.1. The van der Waals surface area contributed by atoms with Crippen LogP contribution in [0.15, 0.2) is 12.1 Å². The van der Waals surface area contributed by atoms with E-state index < -0.39 is 42.0 Å². The van der Waals surface area contributed by atoms with Gasteiger partial charge < -0.3 is 15.9 Å². The number of nitrogens with two attached hydrogens (primary N) is 1. The molecule has 0 aliphatic heterocycles. The van der Waals surface area contributed by atoms with Gasteiger partial charge in [0.15, 0.2) is 11.6 Å². The molecule has 0 heterocycles. The van der Waals surface area contributed by atoms with Gasteiger partial charge in [-0.2, -0.15) is 0 Å². The van der Waals surface area contributed by atoms with Gasteiger partial charge in [-0.1, -0.05) is 13.8 Å². The van der Waals surface area contributed by atoms with Crippen LogP contribution >= 0.6 is 0 Å². The highest BCUT2D eigenvalue weighted by molar-refractivity contribution is 5.79. The van der Waals surface area contributed by atoms with Gasteiger partial charge in [-0.3, -0.25) is 9.59 Å². The molecule has 0 bridgehead atoms. The van der Waals surface area contributed by atoms with Gasteiger partial charge in [0.25, 0.3) is 0 Å². The van der Waals surface area contributed by atoms with Crippen LogP contribution in [0.3, 0.4) is 0 Å². The van der Waals surface area contributed by atoms with E-state index in [0.29, 0.717) is 0 Å². The molecular formula is C14H19F2NO4. The van der Waals surface area contributed by atoms with E-state index in [-0.39, 0.29) is 11.1 Å². The van der Waals surface area contributed by atoms with Gasteiger partial charge in [-0.25, -0.2) is 8.78 Å². The van der Waals surface area contributed by atoms with Crippen LogP contribution in [0.2, 0.25) is 0 Å². The summed E-state index contributed by atoms with van der Waals surface area (Å²) >= 11 is 0. The second kappa shape index (κ2) is 8.31. The number of rotatable bonds is 5. The summed E-state index contributed by atoms with van der Waals surface area (Å²) in [6.45, 7) is 5.42. The Morgan fingerprint density at radius 3 is 2.05 bits per heavy atom. The molecule has 2 unspecified atom stereocenters. The van der Waals surface area contributed by atoms with E-state index in [0.717, 1.165) is 12.1 Å². The third-order valence-electron chi connectivity index (χ3n) is 2.79. The first kappa shape index (κ1) is 19.0. The van der Waals surface area contributed by atoms with Crippen LogP contribution in [0.4, 0.5) is 8.78 Å². The Bertz CT molecular complexity index is 520. The van der Waals surface area contributed by atoms with E-state index in [2.05, 4.69) is 0 Å². The fourth-order valence-corrected chi connectivity index (χ4v) is 1.75. The molecule has 5 nitrogen and oxygen atoms in total. The topological polar surface area (TPSA) is 101 Å². The van der Waals surface area contributed by atoms with Crippen molar-refractivity contribution in [1.29, 1.82) is 0 Å². The minimum absolute atomic E-state index is 0.0168. The van der Waals surface area contributed by atoms with Crippen molar-refractivity contribution in [2.24, 2.45) is 5.73 Å². The average molecular weight is 303 g/mol. The van der Waals surface area contributed by atoms with Crippen molar-refractivity contribution in [3.8, 4) is 0 Å². The minimum Gasteiger partial charge on any atom is -0.481 e. The highest BCUT2D eigenvalue weighted by atomic mass is 19.2. The second-order valence-corrected chi connectivity index (χ2v) is 4.19. The van der Waals surface area contributed by atoms with Crippen LogP contribution in [0.1, 0.15) is 37.3 Å². The number of carboxylic acid groups (broad SMARTS) is 2. The fourth-order valence-electron chi connectivity index (χ4n) is 1.75. The quantitative estimate of drug-likeness (QED) is 0.774. The maximum absolute atomic E-state index is 13.2. The first-order valence-corrected chi connectivity index (χ1v) is 6.40. The van der Waals surface area contributed by atoms with E-state index in [1.165, 1.54) is 6.92 Å². The summed E-state index contributed by atoms with van der Waals surface area (Å²) in [5.41, 5.74) is 5.52. The molecule has 0 saturated heterocycles. The number of carbonyl (C=O) groups is 2. The zero-order valence-electron chi connectivity index (χ0n) is 12.1. The molecule has 0 fully saturated rings. The highest BCUT2D eigenvalue weighted by Crippen LogP contribution is 2.26. The van der Waals surface area contributed by atoms with Crippen molar-refractivity contribution in [3.05, 3.63) is 34.9 Å². The molecule has 0 spiro atoms. The zero-order chi connectivity index (χ0) is 16.7. The van der Waals surface area contributed by atoms with E-state index in [1.807, 2.05) is 13.8 Å². The van der Waals surface area contributed by atoms with Crippen molar-refractivity contribution in [1.82, 2.24) is 0 Å². The molecule has 0 saturated carbocycles. The van der Waals surface area contributed by atoms with Crippen molar-refractivity contribution in [2.75, 3.05) is 0 Å². The molecule has 7 heteroatoms. The van der Waals surface area contributed by atoms with Crippen molar-refractivity contribution in [3.63, 3.8) is 0 Å². The summed E-state index contributed by atoms with van der Waals surface area (Å²) in [4.78, 5) is 21.8.